The van der Waals surface area contributed by atoms with Crippen LogP contribution in [0.1, 0.15) is 23.2 Å². The highest BCUT2D eigenvalue weighted by molar-refractivity contribution is 9.10. The molecule has 4 heteroatoms. The Balaban J connectivity index is 2.59. The van der Waals surface area contributed by atoms with E-state index >= 15 is 0 Å². The van der Waals surface area contributed by atoms with E-state index in [-0.39, 0.29) is 5.91 Å². The van der Waals surface area contributed by atoms with Gasteiger partial charge in [0, 0.05) is 25.4 Å². The van der Waals surface area contributed by atoms with Crippen molar-refractivity contribution in [3.8, 4) is 0 Å². The Morgan fingerprint density at radius 2 is 2.44 bits per heavy atom. The van der Waals surface area contributed by atoms with Gasteiger partial charge in [0.25, 0.3) is 5.91 Å². The first-order chi connectivity index (χ1) is 7.65. The molecule has 0 saturated heterocycles. The van der Waals surface area contributed by atoms with E-state index in [0.29, 0.717) is 10.2 Å². The molecule has 1 heterocycles. The van der Waals surface area contributed by atoms with Crippen LogP contribution in [0.5, 0.6) is 0 Å². The number of carbonyl (C=O) groups is 1. The summed E-state index contributed by atoms with van der Waals surface area (Å²) in [7, 11) is 1.81. The second kappa shape index (κ2) is 6.43. The Morgan fingerprint density at radius 3 is 3.06 bits per heavy atom. The fraction of sp³-hybridized carbons (Fsp3) is 0.333. The maximum absolute atomic E-state index is 11.9. The zero-order chi connectivity index (χ0) is 12.0. The maximum Gasteiger partial charge on any atom is 0.253 e. The number of amides is 1. The Kier molecular flexibility index (Phi) is 5.19. The zero-order valence-electron chi connectivity index (χ0n) is 9.32. The van der Waals surface area contributed by atoms with Crippen molar-refractivity contribution in [3.63, 3.8) is 0 Å². The molecular formula is C12H15BrN2O. The van der Waals surface area contributed by atoms with E-state index < -0.39 is 0 Å². The van der Waals surface area contributed by atoms with Gasteiger partial charge in [-0.2, -0.15) is 0 Å². The van der Waals surface area contributed by atoms with Gasteiger partial charge < -0.3 is 4.90 Å². The SMILES string of the molecule is C=CCCCN(C)C(=O)c1ccnc(Br)c1. The van der Waals surface area contributed by atoms with Crippen LogP contribution >= 0.6 is 15.9 Å². The van der Waals surface area contributed by atoms with E-state index in [4.69, 9.17) is 0 Å². The first kappa shape index (κ1) is 12.9. The van der Waals surface area contributed by atoms with E-state index in [0.717, 1.165) is 19.4 Å². The molecule has 0 fully saturated rings. The highest BCUT2D eigenvalue weighted by atomic mass is 79.9. The van der Waals surface area contributed by atoms with Gasteiger partial charge in [-0.25, -0.2) is 4.98 Å². The van der Waals surface area contributed by atoms with Crippen LogP contribution in [0.4, 0.5) is 0 Å². The third-order valence-corrected chi connectivity index (χ3v) is 2.66. The topological polar surface area (TPSA) is 33.2 Å². The lowest BCUT2D eigenvalue weighted by Crippen LogP contribution is -2.27. The predicted molar refractivity (Wildman–Crippen MR) is 68.3 cm³/mol. The first-order valence-electron chi connectivity index (χ1n) is 5.13. The number of allylic oxidation sites excluding steroid dienone is 1. The molecule has 3 nitrogen and oxygen atoms in total. The van der Waals surface area contributed by atoms with Crippen LogP contribution in [0.3, 0.4) is 0 Å². The van der Waals surface area contributed by atoms with Crippen LogP contribution in [0.15, 0.2) is 35.6 Å². The molecule has 1 amide bonds. The van der Waals surface area contributed by atoms with E-state index in [1.807, 2.05) is 6.08 Å². The number of unbranched alkanes of at least 4 members (excludes halogenated alkanes) is 1. The number of hydrogen-bond acceptors (Lipinski definition) is 2. The summed E-state index contributed by atoms with van der Waals surface area (Å²) in [6.45, 7) is 4.40. The average Bonchev–Trinajstić information content (AvgIpc) is 2.28. The summed E-state index contributed by atoms with van der Waals surface area (Å²) in [6, 6.07) is 3.45. The van der Waals surface area contributed by atoms with Gasteiger partial charge in [-0.3, -0.25) is 4.79 Å². The van der Waals surface area contributed by atoms with Gasteiger partial charge in [-0.1, -0.05) is 6.08 Å². The van der Waals surface area contributed by atoms with Crippen molar-refractivity contribution in [2.75, 3.05) is 13.6 Å². The van der Waals surface area contributed by atoms with E-state index in [2.05, 4.69) is 27.5 Å². The minimum atomic E-state index is 0.0205. The quantitative estimate of drug-likeness (QED) is 0.473. The van der Waals surface area contributed by atoms with Crippen LogP contribution in [-0.4, -0.2) is 29.4 Å². The molecule has 0 saturated carbocycles. The minimum Gasteiger partial charge on any atom is -0.342 e. The lowest BCUT2D eigenvalue weighted by Gasteiger charge is -2.16. The molecule has 0 unspecified atom stereocenters. The largest absolute Gasteiger partial charge is 0.342 e. The molecule has 0 bridgehead atoms. The van der Waals surface area contributed by atoms with Crippen LogP contribution < -0.4 is 0 Å². The van der Waals surface area contributed by atoms with Crippen LogP contribution in [0, 0.1) is 0 Å². The number of nitrogens with zero attached hydrogens (tertiary/aromatic N) is 2. The van der Waals surface area contributed by atoms with Gasteiger partial charge >= 0.3 is 0 Å². The molecule has 0 N–H and O–H groups in total. The zero-order valence-corrected chi connectivity index (χ0v) is 10.9. The molecule has 0 radical (unpaired) electrons. The maximum atomic E-state index is 11.9. The number of pyridine rings is 1. The normalized spacial score (nSPS) is 9.88. The van der Waals surface area contributed by atoms with E-state index in [1.54, 1.807) is 30.3 Å². The van der Waals surface area contributed by atoms with Crippen molar-refractivity contribution in [1.29, 1.82) is 0 Å². The molecule has 1 rings (SSSR count). The van der Waals surface area contributed by atoms with Crippen molar-refractivity contribution < 1.29 is 4.79 Å². The summed E-state index contributed by atoms with van der Waals surface area (Å²) >= 11 is 3.25. The summed E-state index contributed by atoms with van der Waals surface area (Å²) in [4.78, 5) is 17.6. The van der Waals surface area contributed by atoms with Gasteiger partial charge in [0.1, 0.15) is 4.60 Å². The fourth-order valence-electron chi connectivity index (χ4n) is 1.33. The van der Waals surface area contributed by atoms with Gasteiger partial charge in [0.15, 0.2) is 0 Å². The number of aromatic nitrogens is 1. The third-order valence-electron chi connectivity index (χ3n) is 2.22. The molecule has 1 aromatic heterocycles. The van der Waals surface area contributed by atoms with Crippen molar-refractivity contribution in [2.45, 2.75) is 12.8 Å². The lowest BCUT2D eigenvalue weighted by molar-refractivity contribution is 0.0793. The lowest BCUT2D eigenvalue weighted by atomic mass is 10.2. The molecule has 0 aliphatic rings. The highest BCUT2D eigenvalue weighted by Crippen LogP contribution is 2.10. The molecule has 1 aromatic rings. The van der Waals surface area contributed by atoms with Crippen LogP contribution in [-0.2, 0) is 0 Å². The summed E-state index contributed by atoms with van der Waals surface area (Å²) in [5.41, 5.74) is 0.656. The summed E-state index contributed by atoms with van der Waals surface area (Å²) in [5, 5.41) is 0. The van der Waals surface area contributed by atoms with E-state index in [9.17, 15) is 4.79 Å². The standard InChI is InChI=1S/C12H15BrN2O/c1-3-4-5-8-15(2)12(16)10-6-7-14-11(13)9-10/h3,6-7,9H,1,4-5,8H2,2H3. The minimum absolute atomic E-state index is 0.0205. The molecule has 0 aliphatic carbocycles. The molecule has 0 aliphatic heterocycles. The summed E-state index contributed by atoms with van der Waals surface area (Å²) in [5.74, 6) is 0.0205. The second-order valence-corrected chi connectivity index (χ2v) is 4.34. The molecular weight excluding hydrogens is 268 g/mol. The average molecular weight is 283 g/mol. The number of hydrogen-bond donors (Lipinski definition) is 0. The van der Waals surface area contributed by atoms with Crippen molar-refractivity contribution in [2.24, 2.45) is 0 Å². The molecule has 86 valence electrons. The second-order valence-electron chi connectivity index (χ2n) is 3.52. The summed E-state index contributed by atoms with van der Waals surface area (Å²) in [6.07, 6.45) is 5.35. The first-order valence-corrected chi connectivity index (χ1v) is 5.92. The molecule has 0 spiro atoms. The smallest absolute Gasteiger partial charge is 0.253 e. The number of rotatable bonds is 5. The molecule has 0 aromatic carbocycles. The third kappa shape index (κ3) is 3.77. The monoisotopic (exact) mass is 282 g/mol. The number of halogens is 1. The van der Waals surface area contributed by atoms with E-state index in [1.165, 1.54) is 0 Å². The van der Waals surface area contributed by atoms with Crippen LogP contribution in [0.2, 0.25) is 0 Å². The predicted octanol–water partition coefficient (Wildman–Crippen LogP) is 2.88. The Bertz CT molecular complexity index is 379. The molecule has 0 atom stereocenters. The Hall–Kier alpha value is -1.16. The fourth-order valence-corrected chi connectivity index (χ4v) is 1.70. The molecule has 16 heavy (non-hydrogen) atoms. The summed E-state index contributed by atoms with van der Waals surface area (Å²) < 4.78 is 0.679. The van der Waals surface area contributed by atoms with Crippen molar-refractivity contribution in [3.05, 3.63) is 41.2 Å². The van der Waals surface area contributed by atoms with Crippen molar-refractivity contribution in [1.82, 2.24) is 9.88 Å². The van der Waals surface area contributed by atoms with Gasteiger partial charge in [-0.15, -0.1) is 6.58 Å². The van der Waals surface area contributed by atoms with Crippen molar-refractivity contribution >= 4 is 21.8 Å². The highest BCUT2D eigenvalue weighted by Gasteiger charge is 2.11. The van der Waals surface area contributed by atoms with Gasteiger partial charge in [0.05, 0.1) is 0 Å². The Labute approximate surface area is 104 Å². The van der Waals surface area contributed by atoms with Gasteiger partial charge in [-0.05, 0) is 40.9 Å². The Morgan fingerprint density at radius 1 is 1.69 bits per heavy atom. The van der Waals surface area contributed by atoms with Crippen LogP contribution in [0.25, 0.3) is 0 Å². The van der Waals surface area contributed by atoms with Gasteiger partial charge in [0.2, 0.25) is 0 Å². The number of carbonyl (C=O) groups excluding carboxylic acids is 1.